The van der Waals surface area contributed by atoms with E-state index in [2.05, 4.69) is 43.5 Å². The molecule has 0 heterocycles. The number of allylic oxidation sites excluding steroid dienone is 5. The average Bonchev–Trinajstić information content (AvgIpc) is 3.18. The molecule has 4 N–H and O–H groups in total. The number of hydrogen-bond donors (Lipinski definition) is 4. The number of rotatable bonds is 44. The van der Waals surface area contributed by atoms with Crippen molar-refractivity contribution in [2.24, 2.45) is 0 Å². The number of carbonyl (C=O) groups excluding carboxylic acids is 1. The lowest BCUT2D eigenvalue weighted by atomic mass is 10.0. The number of aliphatic hydroxyl groups excluding tert-OH is 3. The molecule has 3 unspecified atom stereocenters. The Kier molecular flexibility index (Phi) is 44.1. The minimum absolute atomic E-state index is 0.00249. The zero-order valence-corrected chi connectivity index (χ0v) is 36.8. The molecule has 0 aliphatic rings. The van der Waals surface area contributed by atoms with Crippen LogP contribution in [0.15, 0.2) is 36.5 Å². The van der Waals surface area contributed by atoms with Crippen molar-refractivity contribution in [3.63, 3.8) is 0 Å². The summed E-state index contributed by atoms with van der Waals surface area (Å²) in [5.41, 5.74) is 0. The Balaban J connectivity index is 3.67. The van der Waals surface area contributed by atoms with E-state index in [0.29, 0.717) is 6.42 Å². The van der Waals surface area contributed by atoms with Crippen molar-refractivity contribution in [3.8, 4) is 0 Å². The van der Waals surface area contributed by atoms with Crippen LogP contribution in [0, 0.1) is 0 Å². The zero-order valence-electron chi connectivity index (χ0n) is 36.8. The lowest BCUT2D eigenvalue weighted by Crippen LogP contribution is -2.45. The third kappa shape index (κ3) is 42.0. The summed E-state index contributed by atoms with van der Waals surface area (Å²) < 4.78 is 0. The van der Waals surface area contributed by atoms with Crippen LogP contribution in [-0.2, 0) is 4.79 Å². The molecule has 1 amide bonds. The van der Waals surface area contributed by atoms with E-state index in [1.54, 1.807) is 6.08 Å². The monoisotopic (exact) mass is 774 g/mol. The van der Waals surface area contributed by atoms with Crippen LogP contribution in [0.25, 0.3) is 0 Å². The van der Waals surface area contributed by atoms with Crippen LogP contribution in [0.4, 0.5) is 0 Å². The first-order valence-electron chi connectivity index (χ1n) is 24.3. The van der Waals surface area contributed by atoms with E-state index in [9.17, 15) is 20.1 Å². The Labute approximate surface area is 343 Å². The minimum Gasteiger partial charge on any atom is -0.394 e. The SMILES string of the molecule is CCCCCCCCCCCCCC/C=C\CCCCCCCCC(O)CC(=O)NC(CO)C(O)/C=C/CC/C=C/CCCCCCCCCCCCCC. The number of unbranched alkanes of at least 4 members (excludes halogenated alkanes) is 31. The van der Waals surface area contributed by atoms with Crippen molar-refractivity contribution < 1.29 is 20.1 Å². The lowest BCUT2D eigenvalue weighted by molar-refractivity contribution is -0.124. The maximum Gasteiger partial charge on any atom is 0.222 e. The van der Waals surface area contributed by atoms with Gasteiger partial charge in [0.2, 0.25) is 5.91 Å². The number of aliphatic hydroxyl groups is 3. The first-order chi connectivity index (χ1) is 27.0. The highest BCUT2D eigenvalue weighted by Gasteiger charge is 2.20. The van der Waals surface area contributed by atoms with Crippen molar-refractivity contribution in [1.29, 1.82) is 0 Å². The van der Waals surface area contributed by atoms with Gasteiger partial charge in [-0.25, -0.2) is 0 Å². The minimum atomic E-state index is -0.953. The van der Waals surface area contributed by atoms with E-state index in [0.717, 1.165) is 32.1 Å². The van der Waals surface area contributed by atoms with Crippen LogP contribution in [0.5, 0.6) is 0 Å². The molecule has 0 fully saturated rings. The van der Waals surface area contributed by atoms with Gasteiger partial charge in [0.05, 0.1) is 31.3 Å². The van der Waals surface area contributed by atoms with Crippen LogP contribution < -0.4 is 5.32 Å². The Morgan fingerprint density at radius 2 is 0.782 bits per heavy atom. The summed E-state index contributed by atoms with van der Waals surface area (Å²) >= 11 is 0. The van der Waals surface area contributed by atoms with Gasteiger partial charge < -0.3 is 20.6 Å². The highest BCUT2D eigenvalue weighted by molar-refractivity contribution is 5.76. The van der Waals surface area contributed by atoms with Crippen molar-refractivity contribution in [2.75, 3.05) is 6.61 Å². The second kappa shape index (κ2) is 45.3. The highest BCUT2D eigenvalue weighted by atomic mass is 16.3. The fraction of sp³-hybridized carbons (Fsp3) is 0.860. The molecule has 0 radical (unpaired) electrons. The van der Waals surface area contributed by atoms with E-state index in [1.165, 1.54) is 193 Å². The van der Waals surface area contributed by atoms with Crippen LogP contribution >= 0.6 is 0 Å². The molecule has 55 heavy (non-hydrogen) atoms. The smallest absolute Gasteiger partial charge is 0.222 e. The molecule has 5 heteroatoms. The van der Waals surface area contributed by atoms with Gasteiger partial charge in [-0.2, -0.15) is 0 Å². The molecule has 0 saturated heterocycles. The maximum absolute atomic E-state index is 12.5. The van der Waals surface area contributed by atoms with Gasteiger partial charge in [0.15, 0.2) is 0 Å². The second-order valence-corrected chi connectivity index (χ2v) is 16.7. The molecule has 0 aromatic carbocycles. The Bertz CT molecular complexity index is 855. The number of carbonyl (C=O) groups is 1. The van der Waals surface area contributed by atoms with Gasteiger partial charge in [-0.3, -0.25) is 4.79 Å². The Hall–Kier alpha value is -1.43. The topological polar surface area (TPSA) is 89.8 Å². The van der Waals surface area contributed by atoms with Gasteiger partial charge in [0, 0.05) is 0 Å². The zero-order chi connectivity index (χ0) is 40.1. The van der Waals surface area contributed by atoms with Gasteiger partial charge in [0.25, 0.3) is 0 Å². The second-order valence-electron chi connectivity index (χ2n) is 16.7. The summed E-state index contributed by atoms with van der Waals surface area (Å²) in [4.78, 5) is 12.5. The van der Waals surface area contributed by atoms with E-state index >= 15 is 0 Å². The third-order valence-corrected chi connectivity index (χ3v) is 11.1. The highest BCUT2D eigenvalue weighted by Crippen LogP contribution is 2.15. The number of amides is 1. The van der Waals surface area contributed by atoms with Gasteiger partial charge in [0.1, 0.15) is 0 Å². The molecule has 324 valence electrons. The Morgan fingerprint density at radius 3 is 1.16 bits per heavy atom. The van der Waals surface area contributed by atoms with Crippen LogP contribution in [0.1, 0.15) is 251 Å². The first-order valence-corrected chi connectivity index (χ1v) is 24.3. The maximum atomic E-state index is 12.5. The van der Waals surface area contributed by atoms with Crippen LogP contribution in [0.3, 0.4) is 0 Å². The summed E-state index contributed by atoms with van der Waals surface area (Å²) in [7, 11) is 0. The van der Waals surface area contributed by atoms with E-state index < -0.39 is 18.2 Å². The fourth-order valence-electron chi connectivity index (χ4n) is 7.41. The predicted octanol–water partition coefficient (Wildman–Crippen LogP) is 14.3. The van der Waals surface area contributed by atoms with Crippen molar-refractivity contribution >= 4 is 5.91 Å². The molecular formula is C50H95NO4. The summed E-state index contributed by atoms with van der Waals surface area (Å²) in [5.74, 6) is -0.327. The largest absolute Gasteiger partial charge is 0.394 e. The standard InChI is InChI=1S/C50H95NO4/c1-3-5-7-9-11-13-15-17-19-21-23-24-25-26-27-29-31-33-35-37-39-41-43-47(53)45-50(55)51-48(46-52)49(54)44-42-40-38-36-34-32-30-28-22-20-18-16-14-12-10-8-6-4-2/h26-27,34,36,42,44,47-49,52-54H,3-25,28-33,35,37-41,43,45-46H2,1-2H3,(H,51,55)/b27-26-,36-34+,44-42+. The van der Waals surface area contributed by atoms with Gasteiger partial charge >= 0.3 is 0 Å². The van der Waals surface area contributed by atoms with Crippen molar-refractivity contribution in [2.45, 2.75) is 270 Å². The molecule has 0 aliphatic carbocycles. The third-order valence-electron chi connectivity index (χ3n) is 11.1. The van der Waals surface area contributed by atoms with Crippen LogP contribution in [0.2, 0.25) is 0 Å². The quantitative estimate of drug-likeness (QED) is 0.0367. The summed E-state index contributed by atoms with van der Waals surface area (Å²) in [5, 5.41) is 33.3. The molecule has 0 aromatic heterocycles. The van der Waals surface area contributed by atoms with Crippen molar-refractivity contribution in [3.05, 3.63) is 36.5 Å². The normalized spacial score (nSPS) is 13.8. The molecule has 0 bridgehead atoms. The number of nitrogens with one attached hydrogen (secondary N) is 1. The molecule has 3 atom stereocenters. The van der Waals surface area contributed by atoms with Crippen molar-refractivity contribution in [1.82, 2.24) is 5.32 Å². The summed E-state index contributed by atoms with van der Waals surface area (Å²) in [6.07, 6.45) is 57.3. The number of hydrogen-bond acceptors (Lipinski definition) is 4. The summed E-state index contributed by atoms with van der Waals surface area (Å²) in [6.45, 7) is 4.22. The van der Waals surface area contributed by atoms with E-state index in [-0.39, 0.29) is 18.9 Å². The van der Waals surface area contributed by atoms with Gasteiger partial charge in [-0.1, -0.05) is 224 Å². The molecule has 0 rings (SSSR count). The van der Waals surface area contributed by atoms with Gasteiger partial charge in [-0.05, 0) is 57.8 Å². The molecular weight excluding hydrogens is 679 g/mol. The summed E-state index contributed by atoms with van der Waals surface area (Å²) in [6, 6.07) is -0.762. The molecule has 0 aliphatic heterocycles. The van der Waals surface area contributed by atoms with E-state index in [1.807, 2.05) is 6.08 Å². The first kappa shape index (κ1) is 53.6. The molecule has 5 nitrogen and oxygen atoms in total. The molecule has 0 aromatic rings. The average molecular weight is 774 g/mol. The van der Waals surface area contributed by atoms with Gasteiger partial charge in [-0.15, -0.1) is 0 Å². The van der Waals surface area contributed by atoms with Crippen LogP contribution in [-0.4, -0.2) is 46.1 Å². The molecule has 0 spiro atoms. The Morgan fingerprint density at radius 1 is 0.455 bits per heavy atom. The van der Waals surface area contributed by atoms with E-state index in [4.69, 9.17) is 0 Å². The molecule has 0 saturated carbocycles. The predicted molar refractivity (Wildman–Crippen MR) is 241 cm³/mol. The lowest BCUT2D eigenvalue weighted by Gasteiger charge is -2.21. The fourth-order valence-corrected chi connectivity index (χ4v) is 7.41.